The van der Waals surface area contributed by atoms with E-state index in [0.29, 0.717) is 17.0 Å². The summed E-state index contributed by atoms with van der Waals surface area (Å²) < 4.78 is 10.7. The zero-order valence-corrected chi connectivity index (χ0v) is 13.5. The number of ether oxygens (including phenoxy) is 2. The normalized spacial score (nSPS) is 14.0. The Morgan fingerprint density at radius 2 is 2.08 bits per heavy atom. The second-order valence-electron chi connectivity index (χ2n) is 5.48. The van der Waals surface area contributed by atoms with Crippen molar-refractivity contribution in [2.24, 2.45) is 0 Å². The average molecular weight is 326 g/mol. The van der Waals surface area contributed by atoms with Crippen LogP contribution in [0.15, 0.2) is 42.5 Å². The minimum Gasteiger partial charge on any atom is -0.496 e. The maximum absolute atomic E-state index is 12.5. The summed E-state index contributed by atoms with van der Waals surface area (Å²) in [5.41, 5.74) is 1.93. The van der Waals surface area contributed by atoms with Crippen LogP contribution >= 0.6 is 0 Å². The first kappa shape index (κ1) is 15.9. The molecule has 1 aliphatic heterocycles. The van der Waals surface area contributed by atoms with Crippen LogP contribution in [0.4, 0.5) is 5.69 Å². The molecule has 0 fully saturated rings. The van der Waals surface area contributed by atoms with Gasteiger partial charge in [0.2, 0.25) is 0 Å². The molecule has 0 aromatic heterocycles. The van der Waals surface area contributed by atoms with E-state index in [2.05, 4.69) is 10.6 Å². The van der Waals surface area contributed by atoms with Gasteiger partial charge in [-0.2, -0.15) is 0 Å². The zero-order valence-electron chi connectivity index (χ0n) is 13.5. The molecule has 0 spiro atoms. The van der Waals surface area contributed by atoms with Gasteiger partial charge in [0.15, 0.2) is 6.61 Å². The summed E-state index contributed by atoms with van der Waals surface area (Å²) in [6, 6.07) is 12.3. The molecule has 2 amide bonds. The molecule has 0 aliphatic carbocycles. The first-order valence-electron chi connectivity index (χ1n) is 7.59. The largest absolute Gasteiger partial charge is 0.496 e. The molecule has 0 unspecified atom stereocenters. The van der Waals surface area contributed by atoms with E-state index in [1.165, 1.54) is 0 Å². The maximum atomic E-state index is 12.5. The Morgan fingerprint density at radius 3 is 2.88 bits per heavy atom. The van der Waals surface area contributed by atoms with Crippen molar-refractivity contribution in [1.29, 1.82) is 0 Å². The molecule has 3 rings (SSSR count). The van der Waals surface area contributed by atoms with Crippen molar-refractivity contribution in [2.45, 2.75) is 13.0 Å². The quantitative estimate of drug-likeness (QED) is 0.905. The first-order chi connectivity index (χ1) is 11.6. The van der Waals surface area contributed by atoms with Crippen LogP contribution in [0.25, 0.3) is 0 Å². The van der Waals surface area contributed by atoms with Crippen LogP contribution in [0.5, 0.6) is 11.5 Å². The molecular formula is C18H18N2O4. The number of carbonyl (C=O) groups excluding carboxylic acids is 2. The molecule has 1 atom stereocenters. The number of hydrogen-bond acceptors (Lipinski definition) is 4. The Labute approximate surface area is 139 Å². The number of fused-ring (bicyclic) bond motifs is 1. The Bertz CT molecular complexity index is 788. The first-order valence-corrected chi connectivity index (χ1v) is 7.59. The Balaban J connectivity index is 1.76. The lowest BCUT2D eigenvalue weighted by Crippen LogP contribution is -2.28. The second-order valence-corrected chi connectivity index (χ2v) is 5.48. The highest BCUT2D eigenvalue weighted by molar-refractivity contribution is 5.99. The van der Waals surface area contributed by atoms with Gasteiger partial charge >= 0.3 is 0 Å². The molecule has 0 radical (unpaired) electrons. The summed E-state index contributed by atoms with van der Waals surface area (Å²) in [6.07, 6.45) is 0. The average Bonchev–Trinajstić information content (AvgIpc) is 2.61. The number of para-hydroxylation sites is 1. The van der Waals surface area contributed by atoms with E-state index >= 15 is 0 Å². The van der Waals surface area contributed by atoms with Gasteiger partial charge < -0.3 is 20.1 Å². The van der Waals surface area contributed by atoms with E-state index in [-0.39, 0.29) is 24.5 Å². The van der Waals surface area contributed by atoms with Gasteiger partial charge in [-0.05, 0) is 31.2 Å². The molecular weight excluding hydrogens is 308 g/mol. The van der Waals surface area contributed by atoms with Crippen LogP contribution < -0.4 is 20.1 Å². The molecule has 0 saturated heterocycles. The van der Waals surface area contributed by atoms with Gasteiger partial charge in [-0.1, -0.05) is 18.2 Å². The van der Waals surface area contributed by atoms with E-state index in [9.17, 15) is 9.59 Å². The number of rotatable bonds is 4. The highest BCUT2D eigenvalue weighted by Crippen LogP contribution is 2.29. The molecule has 6 heteroatoms. The molecule has 2 aromatic carbocycles. The van der Waals surface area contributed by atoms with Crippen LogP contribution in [0.3, 0.4) is 0 Å². The topological polar surface area (TPSA) is 76.7 Å². The third-order valence-corrected chi connectivity index (χ3v) is 3.83. The highest BCUT2D eigenvalue weighted by atomic mass is 16.5. The van der Waals surface area contributed by atoms with Crippen LogP contribution in [-0.2, 0) is 4.79 Å². The van der Waals surface area contributed by atoms with Gasteiger partial charge in [-0.3, -0.25) is 9.59 Å². The predicted molar refractivity (Wildman–Crippen MR) is 89.4 cm³/mol. The summed E-state index contributed by atoms with van der Waals surface area (Å²) in [4.78, 5) is 23.8. The fraction of sp³-hybridized carbons (Fsp3) is 0.222. The molecule has 2 N–H and O–H groups in total. The van der Waals surface area contributed by atoms with Crippen LogP contribution in [0.1, 0.15) is 28.9 Å². The Kier molecular flexibility index (Phi) is 4.37. The van der Waals surface area contributed by atoms with Crippen molar-refractivity contribution >= 4 is 17.5 Å². The Hall–Kier alpha value is -3.02. The van der Waals surface area contributed by atoms with Crippen molar-refractivity contribution in [1.82, 2.24) is 5.32 Å². The van der Waals surface area contributed by atoms with Gasteiger partial charge in [-0.15, -0.1) is 0 Å². The number of nitrogens with one attached hydrogen (secondary N) is 2. The molecule has 1 aliphatic rings. The highest BCUT2D eigenvalue weighted by Gasteiger charge is 2.19. The fourth-order valence-corrected chi connectivity index (χ4v) is 2.60. The number of carbonyl (C=O) groups is 2. The lowest BCUT2D eigenvalue weighted by molar-refractivity contribution is -0.118. The molecule has 1 heterocycles. The second kappa shape index (κ2) is 6.62. The van der Waals surface area contributed by atoms with Gasteiger partial charge in [0, 0.05) is 11.1 Å². The minimum atomic E-state index is -0.225. The third kappa shape index (κ3) is 3.17. The fourth-order valence-electron chi connectivity index (χ4n) is 2.60. The lowest BCUT2D eigenvalue weighted by atomic mass is 10.1. The maximum Gasteiger partial charge on any atom is 0.262 e. The van der Waals surface area contributed by atoms with Crippen LogP contribution in [0.2, 0.25) is 0 Å². The van der Waals surface area contributed by atoms with E-state index in [4.69, 9.17) is 9.47 Å². The number of anilines is 1. The van der Waals surface area contributed by atoms with Gasteiger partial charge in [0.25, 0.3) is 11.8 Å². The van der Waals surface area contributed by atoms with Gasteiger partial charge in [0.1, 0.15) is 11.5 Å². The predicted octanol–water partition coefficient (Wildman–Crippen LogP) is 2.52. The summed E-state index contributed by atoms with van der Waals surface area (Å²) in [5.74, 6) is 0.787. The van der Waals surface area contributed by atoms with Crippen molar-refractivity contribution in [3.63, 3.8) is 0 Å². The SMILES string of the molecule is COc1ccccc1[C@H](C)NC(=O)c1ccc2c(c1)OCC(=O)N2. The smallest absolute Gasteiger partial charge is 0.262 e. The molecule has 0 saturated carbocycles. The summed E-state index contributed by atoms with van der Waals surface area (Å²) in [6.45, 7) is 1.85. The number of amides is 2. The van der Waals surface area contributed by atoms with Gasteiger partial charge in [-0.25, -0.2) is 0 Å². The molecule has 124 valence electrons. The molecule has 24 heavy (non-hydrogen) atoms. The molecule has 6 nitrogen and oxygen atoms in total. The van der Waals surface area contributed by atoms with E-state index in [1.807, 2.05) is 31.2 Å². The van der Waals surface area contributed by atoms with Gasteiger partial charge in [0.05, 0.1) is 18.8 Å². The van der Waals surface area contributed by atoms with Crippen molar-refractivity contribution in [3.05, 3.63) is 53.6 Å². The summed E-state index contributed by atoms with van der Waals surface area (Å²) in [5, 5.41) is 5.64. The van der Waals surface area contributed by atoms with Crippen molar-refractivity contribution in [2.75, 3.05) is 19.0 Å². The van der Waals surface area contributed by atoms with Crippen LogP contribution in [-0.4, -0.2) is 25.5 Å². The van der Waals surface area contributed by atoms with Crippen LogP contribution in [0, 0.1) is 0 Å². The zero-order chi connectivity index (χ0) is 17.1. The third-order valence-electron chi connectivity index (χ3n) is 3.83. The lowest BCUT2D eigenvalue weighted by Gasteiger charge is -2.20. The molecule has 2 aromatic rings. The summed E-state index contributed by atoms with van der Waals surface area (Å²) in [7, 11) is 1.60. The van der Waals surface area contributed by atoms with Crippen molar-refractivity contribution < 1.29 is 19.1 Å². The standard InChI is InChI=1S/C18H18N2O4/c1-11(13-5-3-4-6-15(13)23-2)19-18(22)12-7-8-14-16(9-12)24-10-17(21)20-14/h3-9,11H,10H2,1-2H3,(H,19,22)(H,20,21)/t11-/m0/s1. The Morgan fingerprint density at radius 1 is 1.29 bits per heavy atom. The minimum absolute atomic E-state index is 0.0459. The molecule has 0 bridgehead atoms. The number of benzene rings is 2. The van der Waals surface area contributed by atoms with E-state index in [1.54, 1.807) is 25.3 Å². The van der Waals surface area contributed by atoms with Crippen molar-refractivity contribution in [3.8, 4) is 11.5 Å². The number of methoxy groups -OCH3 is 1. The summed E-state index contributed by atoms with van der Waals surface area (Å²) >= 11 is 0. The van der Waals surface area contributed by atoms with E-state index < -0.39 is 0 Å². The van der Waals surface area contributed by atoms with E-state index in [0.717, 1.165) is 11.3 Å². The number of hydrogen-bond donors (Lipinski definition) is 2. The monoisotopic (exact) mass is 326 g/mol.